The summed E-state index contributed by atoms with van der Waals surface area (Å²) >= 11 is 4.50. The number of aromatic nitrogens is 2. The van der Waals surface area contributed by atoms with E-state index in [2.05, 4.69) is 21.4 Å². The molecule has 0 bridgehead atoms. The number of aryl methyl sites for hydroxylation is 1. The van der Waals surface area contributed by atoms with Crippen LogP contribution in [0.25, 0.3) is 20.4 Å². The average Bonchev–Trinajstić information content (AvgIpc) is 3.33. The first-order chi connectivity index (χ1) is 13.5. The molecule has 0 saturated heterocycles. The number of nitrogens with zero attached hydrogens (tertiary/aromatic N) is 4. The molecule has 1 aromatic carbocycles. The van der Waals surface area contributed by atoms with E-state index in [0.717, 1.165) is 35.9 Å². The van der Waals surface area contributed by atoms with Gasteiger partial charge in [0.1, 0.15) is 11.1 Å². The Labute approximate surface area is 172 Å². The second-order valence-corrected chi connectivity index (χ2v) is 9.81. The lowest BCUT2D eigenvalue weighted by Gasteiger charge is -2.26. The van der Waals surface area contributed by atoms with Gasteiger partial charge in [0.25, 0.3) is 0 Å². The van der Waals surface area contributed by atoms with E-state index in [1.807, 2.05) is 19.1 Å². The van der Waals surface area contributed by atoms with Crippen molar-refractivity contribution in [3.05, 3.63) is 33.1 Å². The molecule has 4 heterocycles. The van der Waals surface area contributed by atoms with Crippen molar-refractivity contribution in [1.29, 1.82) is 5.26 Å². The van der Waals surface area contributed by atoms with E-state index >= 15 is 0 Å². The molecule has 3 aromatic heterocycles. The summed E-state index contributed by atoms with van der Waals surface area (Å²) in [6.07, 6.45) is 0.639. The molecule has 0 aliphatic carbocycles. The van der Waals surface area contributed by atoms with Gasteiger partial charge in [-0.25, -0.2) is 14.8 Å². The van der Waals surface area contributed by atoms with Gasteiger partial charge in [-0.2, -0.15) is 5.26 Å². The van der Waals surface area contributed by atoms with E-state index in [0.29, 0.717) is 35.2 Å². The second-order valence-electron chi connectivity index (χ2n) is 6.47. The largest absolute Gasteiger partial charge is 0.389 e. The summed E-state index contributed by atoms with van der Waals surface area (Å²) in [7, 11) is 0. The Hall–Kier alpha value is -2.74. The number of anilines is 2. The second kappa shape index (κ2) is 6.41. The van der Waals surface area contributed by atoms with Gasteiger partial charge in [0, 0.05) is 11.4 Å². The standard InChI is InChI=1S/C18H14N6OS3/c1-8-21-11-2-3-12-15(14(11)26-8)28-17(22-12)23-18(25)24-5-4-9-10(6-19)16(20)27-13(9)7-24/h2-3H,4-5,7,20H2,1H3,(H,22,23,25). The number of fused-ring (bicyclic) bond motifs is 4. The normalized spacial score (nSPS) is 13.6. The van der Waals surface area contributed by atoms with E-state index in [4.69, 9.17) is 5.73 Å². The summed E-state index contributed by atoms with van der Waals surface area (Å²) in [6, 6.07) is 5.89. The molecule has 10 heteroatoms. The number of thiophene rings is 1. The average molecular weight is 427 g/mol. The van der Waals surface area contributed by atoms with E-state index in [1.165, 1.54) is 22.7 Å². The van der Waals surface area contributed by atoms with Gasteiger partial charge in [-0.1, -0.05) is 11.3 Å². The van der Waals surface area contributed by atoms with Crippen molar-refractivity contribution in [2.75, 3.05) is 17.6 Å². The number of nitrogens with one attached hydrogen (secondary N) is 1. The van der Waals surface area contributed by atoms with Crippen molar-refractivity contribution in [2.24, 2.45) is 0 Å². The SMILES string of the molecule is Cc1nc2ccc3nc(NC(=O)N4CCc5c(sc(N)c5C#N)C4)sc3c2s1. The van der Waals surface area contributed by atoms with E-state index < -0.39 is 0 Å². The third-order valence-electron chi connectivity index (χ3n) is 4.72. The third kappa shape index (κ3) is 2.71. The Balaban J connectivity index is 1.39. The molecule has 2 amide bonds. The summed E-state index contributed by atoms with van der Waals surface area (Å²) < 4.78 is 2.15. The van der Waals surface area contributed by atoms with Crippen LogP contribution in [0.1, 0.15) is 21.0 Å². The number of thiazole rings is 2. The molecule has 140 valence electrons. The molecule has 1 aliphatic rings. The molecular formula is C18H14N6OS3. The fraction of sp³-hybridized carbons (Fsp3) is 0.222. The number of amides is 2. The van der Waals surface area contributed by atoms with E-state index in [-0.39, 0.29) is 6.03 Å². The smallest absolute Gasteiger partial charge is 0.323 e. The van der Waals surface area contributed by atoms with E-state index in [1.54, 1.807) is 16.2 Å². The first-order valence-corrected chi connectivity index (χ1v) is 11.0. The maximum absolute atomic E-state index is 12.8. The number of rotatable bonds is 1. The molecule has 3 N–H and O–H groups in total. The molecule has 7 nitrogen and oxygen atoms in total. The van der Waals surface area contributed by atoms with Crippen LogP contribution >= 0.6 is 34.0 Å². The lowest BCUT2D eigenvalue weighted by atomic mass is 10.0. The third-order valence-corrected chi connectivity index (χ3v) is 7.90. The maximum atomic E-state index is 12.8. The minimum Gasteiger partial charge on any atom is -0.389 e. The van der Waals surface area contributed by atoms with Gasteiger partial charge in [0.15, 0.2) is 5.13 Å². The van der Waals surface area contributed by atoms with Crippen LogP contribution in [0, 0.1) is 18.3 Å². The van der Waals surface area contributed by atoms with Gasteiger partial charge in [-0.05, 0) is 31.0 Å². The van der Waals surface area contributed by atoms with Crippen molar-refractivity contribution in [3.8, 4) is 6.07 Å². The summed E-state index contributed by atoms with van der Waals surface area (Å²) in [5.41, 5.74) is 9.30. The fourth-order valence-electron chi connectivity index (χ4n) is 3.43. The Morgan fingerprint density at radius 3 is 2.79 bits per heavy atom. The Morgan fingerprint density at radius 2 is 2.00 bits per heavy atom. The Kier molecular flexibility index (Phi) is 3.97. The zero-order chi connectivity index (χ0) is 19.4. The van der Waals surface area contributed by atoms with Crippen molar-refractivity contribution in [3.63, 3.8) is 0 Å². The number of hydrogen-bond donors (Lipinski definition) is 2. The number of nitrogen functional groups attached to an aromatic ring is 1. The predicted molar refractivity (Wildman–Crippen MR) is 114 cm³/mol. The molecule has 0 saturated carbocycles. The highest BCUT2D eigenvalue weighted by molar-refractivity contribution is 7.28. The Morgan fingerprint density at radius 1 is 1.25 bits per heavy atom. The van der Waals surface area contributed by atoms with Crippen molar-refractivity contribution < 1.29 is 4.79 Å². The van der Waals surface area contributed by atoms with Crippen molar-refractivity contribution in [2.45, 2.75) is 19.9 Å². The lowest BCUT2D eigenvalue weighted by molar-refractivity contribution is 0.207. The highest BCUT2D eigenvalue weighted by atomic mass is 32.1. The van der Waals surface area contributed by atoms with Crippen LogP contribution in [0.3, 0.4) is 0 Å². The molecule has 4 aromatic rings. The highest BCUT2D eigenvalue weighted by Crippen LogP contribution is 2.37. The topological polar surface area (TPSA) is 108 Å². The maximum Gasteiger partial charge on any atom is 0.323 e. The van der Waals surface area contributed by atoms with Gasteiger partial charge in [-0.3, -0.25) is 5.32 Å². The predicted octanol–water partition coefficient (Wildman–Crippen LogP) is 4.32. The number of carbonyl (C=O) groups is 1. The van der Waals surface area contributed by atoms with Gasteiger partial charge < -0.3 is 10.6 Å². The number of benzene rings is 1. The van der Waals surface area contributed by atoms with Gasteiger partial charge in [0.2, 0.25) is 0 Å². The first-order valence-electron chi connectivity index (χ1n) is 8.56. The molecule has 0 unspecified atom stereocenters. The fourth-order valence-corrected chi connectivity index (χ4v) is 6.51. The van der Waals surface area contributed by atoms with Crippen LogP contribution in [0.4, 0.5) is 14.9 Å². The minimum absolute atomic E-state index is 0.188. The number of urea groups is 1. The summed E-state index contributed by atoms with van der Waals surface area (Å²) in [6.45, 7) is 2.99. The monoisotopic (exact) mass is 426 g/mol. The number of hydrogen-bond acceptors (Lipinski definition) is 8. The van der Waals surface area contributed by atoms with Gasteiger partial charge in [0.05, 0.1) is 37.5 Å². The number of nitrogens with two attached hydrogens (primary N) is 1. The summed E-state index contributed by atoms with van der Waals surface area (Å²) in [5, 5.41) is 14.3. The highest BCUT2D eigenvalue weighted by Gasteiger charge is 2.26. The quantitative estimate of drug-likeness (QED) is 0.471. The van der Waals surface area contributed by atoms with Crippen LogP contribution < -0.4 is 11.1 Å². The molecule has 1 aliphatic heterocycles. The van der Waals surface area contributed by atoms with Crippen LogP contribution in [-0.2, 0) is 13.0 Å². The summed E-state index contributed by atoms with van der Waals surface area (Å²) in [4.78, 5) is 24.6. The lowest BCUT2D eigenvalue weighted by Crippen LogP contribution is -2.38. The van der Waals surface area contributed by atoms with Crippen molar-refractivity contribution >= 4 is 70.6 Å². The first kappa shape index (κ1) is 17.4. The number of nitriles is 1. The van der Waals surface area contributed by atoms with Crippen LogP contribution in [-0.4, -0.2) is 27.4 Å². The molecule has 0 atom stereocenters. The Bertz CT molecular complexity index is 1290. The molecule has 28 heavy (non-hydrogen) atoms. The van der Waals surface area contributed by atoms with Gasteiger partial charge in [-0.15, -0.1) is 22.7 Å². The van der Waals surface area contributed by atoms with Crippen LogP contribution in [0.2, 0.25) is 0 Å². The molecule has 0 radical (unpaired) electrons. The molecule has 0 spiro atoms. The van der Waals surface area contributed by atoms with E-state index in [9.17, 15) is 10.1 Å². The molecular weight excluding hydrogens is 412 g/mol. The minimum atomic E-state index is -0.188. The van der Waals surface area contributed by atoms with Crippen LogP contribution in [0.5, 0.6) is 0 Å². The summed E-state index contributed by atoms with van der Waals surface area (Å²) in [5.74, 6) is 0. The zero-order valence-electron chi connectivity index (χ0n) is 14.8. The van der Waals surface area contributed by atoms with Crippen LogP contribution in [0.15, 0.2) is 12.1 Å². The zero-order valence-corrected chi connectivity index (χ0v) is 17.2. The number of carbonyl (C=O) groups excluding carboxylic acids is 1. The molecule has 5 rings (SSSR count). The molecule has 0 fully saturated rings. The van der Waals surface area contributed by atoms with Crippen molar-refractivity contribution in [1.82, 2.24) is 14.9 Å². The van der Waals surface area contributed by atoms with Gasteiger partial charge >= 0.3 is 6.03 Å².